The first-order valence-electron chi connectivity index (χ1n) is 5.21. The van der Waals surface area contributed by atoms with E-state index in [1.54, 1.807) is 24.3 Å². The number of hydrogen-bond donors (Lipinski definition) is 1. The van der Waals surface area contributed by atoms with Crippen LogP contribution in [0.15, 0.2) is 36.5 Å². The van der Waals surface area contributed by atoms with E-state index in [1.165, 1.54) is 13.2 Å². The van der Waals surface area contributed by atoms with Crippen LogP contribution in [0.1, 0.15) is 10.4 Å². The van der Waals surface area contributed by atoms with Crippen LogP contribution in [0.25, 0.3) is 11.1 Å². The van der Waals surface area contributed by atoms with Crippen molar-refractivity contribution >= 4 is 5.91 Å². The number of hydrogen-bond acceptors (Lipinski definition) is 3. The van der Waals surface area contributed by atoms with Gasteiger partial charge in [-0.15, -0.1) is 0 Å². The van der Waals surface area contributed by atoms with E-state index < -0.39 is 11.7 Å². The molecule has 0 unspecified atom stereocenters. The number of amides is 1. The molecule has 0 saturated carbocycles. The third kappa shape index (κ3) is 2.29. The Bertz CT molecular complexity index is 582. The summed E-state index contributed by atoms with van der Waals surface area (Å²) >= 11 is 0. The van der Waals surface area contributed by atoms with Gasteiger partial charge in [-0.05, 0) is 23.8 Å². The van der Waals surface area contributed by atoms with Gasteiger partial charge in [0, 0.05) is 11.1 Å². The van der Waals surface area contributed by atoms with Gasteiger partial charge in [-0.1, -0.05) is 12.1 Å². The molecule has 1 heterocycles. The number of nitrogens with two attached hydrogens (primary N) is 1. The third-order valence-corrected chi connectivity index (χ3v) is 2.49. The van der Waals surface area contributed by atoms with Crippen molar-refractivity contribution in [3.63, 3.8) is 0 Å². The summed E-state index contributed by atoms with van der Waals surface area (Å²) in [4.78, 5) is 14.8. The average Bonchev–Trinajstić information content (AvgIpc) is 2.39. The van der Waals surface area contributed by atoms with Gasteiger partial charge < -0.3 is 10.5 Å². The molecule has 0 aliphatic rings. The number of methoxy groups -OCH3 is 1. The van der Waals surface area contributed by atoms with E-state index in [2.05, 4.69) is 4.98 Å². The monoisotopic (exact) mass is 246 g/mol. The van der Waals surface area contributed by atoms with Crippen LogP contribution in [0.4, 0.5) is 4.39 Å². The number of ether oxygens (including phenoxy) is 1. The largest absolute Gasteiger partial charge is 0.481 e. The quantitative estimate of drug-likeness (QED) is 0.900. The van der Waals surface area contributed by atoms with E-state index >= 15 is 0 Å². The lowest BCUT2D eigenvalue weighted by Crippen LogP contribution is -2.10. The number of carbonyl (C=O) groups excluding carboxylic acids is 1. The Morgan fingerprint density at radius 1 is 1.33 bits per heavy atom. The summed E-state index contributed by atoms with van der Waals surface area (Å²) in [7, 11) is 1.46. The van der Waals surface area contributed by atoms with Gasteiger partial charge in [0.15, 0.2) is 0 Å². The van der Waals surface area contributed by atoms with Crippen LogP contribution in [0, 0.1) is 5.82 Å². The fraction of sp³-hybridized carbons (Fsp3) is 0.0769. The van der Waals surface area contributed by atoms with Gasteiger partial charge in [0.25, 0.3) is 0 Å². The van der Waals surface area contributed by atoms with Crippen molar-refractivity contribution in [2.75, 3.05) is 7.11 Å². The number of benzene rings is 1. The standard InChI is InChI=1S/C13H11FN2O2/c1-18-13-11(6-10(14)7-16-13)8-2-4-9(5-3-8)12(15)17/h2-7H,1H3,(H2,15,17). The van der Waals surface area contributed by atoms with Crippen molar-refractivity contribution in [2.45, 2.75) is 0 Å². The molecule has 2 aromatic rings. The minimum Gasteiger partial charge on any atom is -0.481 e. The van der Waals surface area contributed by atoms with Gasteiger partial charge >= 0.3 is 0 Å². The molecule has 1 aromatic heterocycles. The van der Waals surface area contributed by atoms with E-state index in [0.29, 0.717) is 22.6 Å². The number of rotatable bonds is 3. The number of nitrogens with zero attached hydrogens (tertiary/aromatic N) is 1. The van der Waals surface area contributed by atoms with E-state index in [4.69, 9.17) is 10.5 Å². The predicted molar refractivity (Wildman–Crippen MR) is 64.7 cm³/mol. The van der Waals surface area contributed by atoms with Crippen molar-refractivity contribution in [1.82, 2.24) is 4.98 Å². The SMILES string of the molecule is COc1ncc(F)cc1-c1ccc(C(N)=O)cc1. The fourth-order valence-corrected chi connectivity index (χ4v) is 1.61. The molecule has 0 atom stereocenters. The first-order valence-corrected chi connectivity index (χ1v) is 5.21. The molecular formula is C13H11FN2O2. The molecule has 2 N–H and O–H groups in total. The van der Waals surface area contributed by atoms with Crippen molar-refractivity contribution in [1.29, 1.82) is 0 Å². The maximum atomic E-state index is 13.2. The minimum atomic E-state index is -0.508. The number of carbonyl (C=O) groups is 1. The topological polar surface area (TPSA) is 65.2 Å². The Hall–Kier alpha value is -2.43. The van der Waals surface area contributed by atoms with E-state index in [-0.39, 0.29) is 0 Å². The maximum absolute atomic E-state index is 13.2. The molecule has 0 spiro atoms. The van der Waals surface area contributed by atoms with Crippen LogP contribution in [-0.2, 0) is 0 Å². The highest BCUT2D eigenvalue weighted by Gasteiger charge is 2.09. The molecule has 2 rings (SSSR count). The van der Waals surface area contributed by atoms with Crippen molar-refractivity contribution in [3.8, 4) is 17.0 Å². The van der Waals surface area contributed by atoms with Crippen LogP contribution in [-0.4, -0.2) is 18.0 Å². The summed E-state index contributed by atoms with van der Waals surface area (Å²) in [5.41, 5.74) is 6.76. The van der Waals surface area contributed by atoms with Crippen LogP contribution in [0.5, 0.6) is 5.88 Å². The summed E-state index contributed by atoms with van der Waals surface area (Å²) < 4.78 is 18.2. The normalized spacial score (nSPS) is 10.1. The van der Waals surface area contributed by atoms with Gasteiger partial charge in [0.05, 0.1) is 13.3 Å². The van der Waals surface area contributed by atoms with Crippen molar-refractivity contribution < 1.29 is 13.9 Å². The van der Waals surface area contributed by atoms with Crippen molar-refractivity contribution in [3.05, 3.63) is 47.9 Å². The Morgan fingerprint density at radius 2 is 2.00 bits per heavy atom. The van der Waals surface area contributed by atoms with Gasteiger partial charge in [-0.3, -0.25) is 4.79 Å². The Balaban J connectivity index is 2.48. The number of aromatic nitrogens is 1. The molecule has 4 nitrogen and oxygen atoms in total. The summed E-state index contributed by atoms with van der Waals surface area (Å²) in [6, 6.07) is 7.80. The van der Waals surface area contributed by atoms with Gasteiger partial charge in [0.2, 0.25) is 11.8 Å². The molecule has 92 valence electrons. The molecule has 18 heavy (non-hydrogen) atoms. The van der Waals surface area contributed by atoms with Gasteiger partial charge in [0.1, 0.15) is 5.82 Å². The number of primary amides is 1. The lowest BCUT2D eigenvalue weighted by atomic mass is 10.0. The second-order valence-electron chi connectivity index (χ2n) is 3.65. The van der Waals surface area contributed by atoms with E-state index in [1.807, 2.05) is 0 Å². The lowest BCUT2D eigenvalue weighted by Gasteiger charge is -2.07. The predicted octanol–water partition coefficient (Wildman–Crippen LogP) is 2.00. The smallest absolute Gasteiger partial charge is 0.248 e. The second kappa shape index (κ2) is 4.83. The van der Waals surface area contributed by atoms with Crippen LogP contribution in [0.2, 0.25) is 0 Å². The third-order valence-electron chi connectivity index (χ3n) is 2.49. The molecule has 1 amide bonds. The molecule has 0 aliphatic carbocycles. The fourth-order valence-electron chi connectivity index (χ4n) is 1.61. The summed E-state index contributed by atoms with van der Waals surface area (Å²) in [5, 5.41) is 0. The Morgan fingerprint density at radius 3 is 2.56 bits per heavy atom. The van der Waals surface area contributed by atoms with E-state index in [9.17, 15) is 9.18 Å². The molecule has 0 aliphatic heterocycles. The summed E-state index contributed by atoms with van der Waals surface area (Å²) in [6.07, 6.45) is 1.08. The number of pyridine rings is 1. The van der Waals surface area contributed by atoms with Crippen LogP contribution in [0.3, 0.4) is 0 Å². The molecule has 0 radical (unpaired) electrons. The highest BCUT2D eigenvalue weighted by molar-refractivity contribution is 5.93. The minimum absolute atomic E-state index is 0.322. The van der Waals surface area contributed by atoms with Gasteiger partial charge in [-0.25, -0.2) is 9.37 Å². The van der Waals surface area contributed by atoms with Crippen molar-refractivity contribution in [2.24, 2.45) is 5.73 Å². The molecular weight excluding hydrogens is 235 g/mol. The zero-order valence-electron chi connectivity index (χ0n) is 9.68. The molecule has 0 saturated heterocycles. The van der Waals surface area contributed by atoms with Crippen LogP contribution >= 0.6 is 0 Å². The van der Waals surface area contributed by atoms with Gasteiger partial charge in [-0.2, -0.15) is 0 Å². The highest BCUT2D eigenvalue weighted by Crippen LogP contribution is 2.28. The zero-order chi connectivity index (χ0) is 13.1. The Labute approximate surface area is 103 Å². The Kier molecular flexibility index (Phi) is 3.23. The molecule has 0 fully saturated rings. The summed E-state index contributed by atoms with van der Waals surface area (Å²) in [6.45, 7) is 0. The van der Waals surface area contributed by atoms with E-state index in [0.717, 1.165) is 6.20 Å². The average molecular weight is 246 g/mol. The zero-order valence-corrected chi connectivity index (χ0v) is 9.68. The molecule has 5 heteroatoms. The second-order valence-corrected chi connectivity index (χ2v) is 3.65. The lowest BCUT2D eigenvalue weighted by molar-refractivity contribution is 0.100. The maximum Gasteiger partial charge on any atom is 0.248 e. The first-order chi connectivity index (χ1) is 8.61. The number of halogens is 1. The summed E-state index contributed by atoms with van der Waals surface area (Å²) in [5.74, 6) is -0.640. The molecule has 0 bridgehead atoms. The molecule has 1 aromatic carbocycles. The first kappa shape index (κ1) is 12.0. The van der Waals surface area contributed by atoms with Crippen LogP contribution < -0.4 is 10.5 Å². The highest BCUT2D eigenvalue weighted by atomic mass is 19.1.